The first-order valence-corrected chi connectivity index (χ1v) is 11.4. The van der Waals surface area contributed by atoms with Gasteiger partial charge in [-0.05, 0) is 41.3 Å². The monoisotopic (exact) mass is 476 g/mol. The van der Waals surface area contributed by atoms with E-state index in [0.717, 1.165) is 11.1 Å². The first kappa shape index (κ1) is 23.2. The highest BCUT2D eigenvalue weighted by Crippen LogP contribution is 2.69. The number of aliphatic carboxylic acids is 1. The van der Waals surface area contributed by atoms with Crippen LogP contribution in [0.25, 0.3) is 0 Å². The smallest absolute Gasteiger partial charge is 0.309 e. The van der Waals surface area contributed by atoms with E-state index in [4.69, 9.17) is 14.2 Å². The van der Waals surface area contributed by atoms with E-state index >= 15 is 0 Å². The van der Waals surface area contributed by atoms with Crippen LogP contribution in [0.3, 0.4) is 0 Å². The van der Waals surface area contributed by atoms with E-state index in [9.17, 15) is 20.1 Å². The molecule has 1 saturated carbocycles. The summed E-state index contributed by atoms with van der Waals surface area (Å²) in [5.74, 6) is -1.64. The van der Waals surface area contributed by atoms with Crippen molar-refractivity contribution in [2.45, 2.75) is 29.5 Å². The van der Waals surface area contributed by atoms with Gasteiger partial charge in [-0.25, -0.2) is 0 Å². The average molecular weight is 477 g/mol. The van der Waals surface area contributed by atoms with E-state index in [2.05, 4.69) is 0 Å². The van der Waals surface area contributed by atoms with E-state index in [1.807, 2.05) is 48.5 Å². The largest absolute Gasteiger partial charge is 0.497 e. The van der Waals surface area contributed by atoms with E-state index in [1.54, 1.807) is 32.4 Å². The van der Waals surface area contributed by atoms with Gasteiger partial charge in [-0.15, -0.1) is 0 Å². The van der Waals surface area contributed by atoms with Crippen LogP contribution in [0.4, 0.5) is 0 Å². The van der Waals surface area contributed by atoms with Gasteiger partial charge in [-0.3, -0.25) is 4.79 Å². The number of carboxylic acid groups (broad SMARTS) is 1. The third kappa shape index (κ3) is 3.01. The molecule has 2 aliphatic carbocycles. The van der Waals surface area contributed by atoms with Crippen molar-refractivity contribution in [1.29, 1.82) is 0 Å². The zero-order valence-electron chi connectivity index (χ0n) is 19.8. The lowest BCUT2D eigenvalue weighted by atomic mass is 9.62. The van der Waals surface area contributed by atoms with Gasteiger partial charge in [0, 0.05) is 23.0 Å². The SMILES string of the molecule is COc1ccc(C23Cc4cc(OC)cc(OC)c4C2(O)C(O)C(C(=O)O)C3c2ccccc2)cc1. The predicted octanol–water partition coefficient (Wildman–Crippen LogP) is 3.25. The van der Waals surface area contributed by atoms with Crippen LogP contribution in [0.1, 0.15) is 28.2 Å². The van der Waals surface area contributed by atoms with Crippen molar-refractivity contribution in [2.75, 3.05) is 21.3 Å². The number of carboxylic acids is 1. The molecule has 0 saturated heterocycles. The summed E-state index contributed by atoms with van der Waals surface area (Å²) >= 11 is 0. The van der Waals surface area contributed by atoms with Crippen molar-refractivity contribution in [3.63, 3.8) is 0 Å². The van der Waals surface area contributed by atoms with Crippen LogP contribution < -0.4 is 14.2 Å². The number of ether oxygens (including phenoxy) is 3. The number of hydrogen-bond acceptors (Lipinski definition) is 6. The van der Waals surface area contributed by atoms with Crippen molar-refractivity contribution in [3.05, 3.63) is 89.0 Å². The van der Waals surface area contributed by atoms with Crippen LogP contribution >= 0.6 is 0 Å². The molecule has 0 aliphatic heterocycles. The Labute approximate surface area is 203 Å². The summed E-state index contributed by atoms with van der Waals surface area (Å²) in [6.07, 6.45) is -1.32. The number of fused-ring (bicyclic) bond motifs is 3. The zero-order valence-corrected chi connectivity index (χ0v) is 19.8. The molecule has 0 spiro atoms. The van der Waals surface area contributed by atoms with Gasteiger partial charge >= 0.3 is 5.97 Å². The van der Waals surface area contributed by atoms with Crippen molar-refractivity contribution in [2.24, 2.45) is 5.92 Å². The van der Waals surface area contributed by atoms with Gasteiger partial charge in [-0.2, -0.15) is 0 Å². The minimum atomic E-state index is -1.95. The molecule has 1 fully saturated rings. The molecule has 0 amide bonds. The predicted molar refractivity (Wildman–Crippen MR) is 128 cm³/mol. The van der Waals surface area contributed by atoms with E-state index in [1.165, 1.54) is 7.11 Å². The van der Waals surface area contributed by atoms with Crippen LogP contribution in [0.15, 0.2) is 66.7 Å². The Hall–Kier alpha value is -3.55. The second-order valence-corrected chi connectivity index (χ2v) is 9.20. The number of carbonyl (C=O) groups is 1. The van der Waals surface area contributed by atoms with Crippen molar-refractivity contribution < 1.29 is 34.3 Å². The van der Waals surface area contributed by atoms with Crippen molar-refractivity contribution >= 4 is 5.97 Å². The van der Waals surface area contributed by atoms with Gasteiger partial charge in [-0.1, -0.05) is 42.5 Å². The second kappa shape index (κ2) is 8.29. The molecule has 2 aliphatic rings. The van der Waals surface area contributed by atoms with E-state index < -0.39 is 34.9 Å². The van der Waals surface area contributed by atoms with Gasteiger partial charge in [0.15, 0.2) is 0 Å². The summed E-state index contributed by atoms with van der Waals surface area (Å²) in [5, 5.41) is 34.7. The lowest BCUT2D eigenvalue weighted by molar-refractivity contribution is -0.151. The maximum Gasteiger partial charge on any atom is 0.309 e. The third-order valence-corrected chi connectivity index (χ3v) is 7.85. The lowest BCUT2D eigenvalue weighted by Gasteiger charge is -2.42. The van der Waals surface area contributed by atoms with Crippen molar-refractivity contribution in [3.8, 4) is 17.2 Å². The van der Waals surface area contributed by atoms with Crippen LogP contribution in [-0.2, 0) is 22.2 Å². The molecular formula is C28H28O7. The Bertz CT molecular complexity index is 1260. The maximum atomic E-state index is 12.7. The lowest BCUT2D eigenvalue weighted by Crippen LogP contribution is -2.50. The molecule has 7 heteroatoms. The molecule has 3 N–H and O–H groups in total. The zero-order chi connectivity index (χ0) is 25.0. The Morgan fingerprint density at radius 2 is 1.57 bits per heavy atom. The molecule has 0 radical (unpaired) electrons. The van der Waals surface area contributed by atoms with Crippen molar-refractivity contribution in [1.82, 2.24) is 0 Å². The normalized spacial score (nSPS) is 28.8. The molecular weight excluding hydrogens is 448 g/mol. The number of methoxy groups -OCH3 is 3. The first-order chi connectivity index (χ1) is 16.8. The quantitative estimate of drug-likeness (QED) is 0.502. The number of benzene rings is 3. The van der Waals surface area contributed by atoms with Gasteiger partial charge < -0.3 is 29.5 Å². The third-order valence-electron chi connectivity index (χ3n) is 7.85. The number of rotatable bonds is 6. The number of hydrogen-bond donors (Lipinski definition) is 3. The van der Waals surface area contributed by atoms with Crippen LogP contribution in [-0.4, -0.2) is 48.7 Å². The summed E-state index contributed by atoms with van der Waals surface area (Å²) in [4.78, 5) is 12.7. The molecule has 7 nitrogen and oxygen atoms in total. The first-order valence-electron chi connectivity index (χ1n) is 11.4. The fourth-order valence-corrected chi connectivity index (χ4v) is 6.48. The molecule has 3 aromatic rings. The van der Waals surface area contributed by atoms with Gasteiger partial charge in [0.1, 0.15) is 29.0 Å². The van der Waals surface area contributed by atoms with E-state index in [-0.39, 0.29) is 6.42 Å². The minimum absolute atomic E-state index is 0.277. The summed E-state index contributed by atoms with van der Waals surface area (Å²) in [6, 6.07) is 20.0. The maximum absolute atomic E-state index is 12.7. The Morgan fingerprint density at radius 1 is 0.914 bits per heavy atom. The topological polar surface area (TPSA) is 105 Å². The fourth-order valence-electron chi connectivity index (χ4n) is 6.48. The molecule has 5 unspecified atom stereocenters. The highest BCUT2D eigenvalue weighted by atomic mass is 16.5. The summed E-state index contributed by atoms with van der Waals surface area (Å²) in [7, 11) is 4.60. The van der Waals surface area contributed by atoms with Crippen LogP contribution in [0.5, 0.6) is 17.2 Å². The number of aliphatic hydroxyl groups is 2. The fraction of sp³-hybridized carbons (Fsp3) is 0.321. The van der Waals surface area contributed by atoms with Gasteiger partial charge in [0.05, 0.1) is 27.2 Å². The number of aliphatic hydroxyl groups excluding tert-OH is 1. The molecule has 0 bridgehead atoms. The summed E-state index contributed by atoms with van der Waals surface area (Å²) < 4.78 is 16.5. The van der Waals surface area contributed by atoms with Gasteiger partial charge in [0.25, 0.3) is 0 Å². The Balaban J connectivity index is 1.88. The molecule has 5 rings (SSSR count). The molecule has 35 heavy (non-hydrogen) atoms. The minimum Gasteiger partial charge on any atom is -0.497 e. The standard InChI is InChI=1S/C28H28O7/c1-33-19-11-9-18(10-12-19)27-15-17-13-20(34-2)14-21(35-3)23(17)28(27,32)25(29)22(26(30)31)24(27)16-7-5-4-6-8-16/h4-14,22,24-25,29,32H,15H2,1-3H3,(H,30,31). The molecule has 3 aromatic carbocycles. The van der Waals surface area contributed by atoms with E-state index in [0.29, 0.717) is 28.4 Å². The Morgan fingerprint density at radius 3 is 2.14 bits per heavy atom. The van der Waals surface area contributed by atoms with Crippen LogP contribution in [0.2, 0.25) is 0 Å². The highest BCUT2D eigenvalue weighted by Gasteiger charge is 2.75. The average Bonchev–Trinajstić information content (AvgIpc) is 3.26. The molecule has 5 atom stereocenters. The molecule has 0 aromatic heterocycles. The molecule has 0 heterocycles. The molecule has 182 valence electrons. The van der Waals surface area contributed by atoms with Gasteiger partial charge in [0.2, 0.25) is 0 Å². The second-order valence-electron chi connectivity index (χ2n) is 9.20. The van der Waals surface area contributed by atoms with Crippen LogP contribution in [0, 0.1) is 5.92 Å². The summed E-state index contributed by atoms with van der Waals surface area (Å²) in [5.41, 5.74) is -0.584. The Kier molecular flexibility index (Phi) is 5.49. The summed E-state index contributed by atoms with van der Waals surface area (Å²) in [6.45, 7) is 0. The highest BCUT2D eigenvalue weighted by molar-refractivity contribution is 5.77.